The van der Waals surface area contributed by atoms with Gasteiger partial charge in [0.2, 0.25) is 0 Å². The van der Waals surface area contributed by atoms with Gasteiger partial charge in [-0.05, 0) is 25.5 Å². The molecule has 0 saturated heterocycles. The Kier molecular flexibility index (Phi) is 4.22. The maximum absolute atomic E-state index is 9.40. The number of aliphatic hydroxyl groups is 1. The molecule has 0 radical (unpaired) electrons. The summed E-state index contributed by atoms with van der Waals surface area (Å²) < 4.78 is 7.59. The first-order valence-corrected chi connectivity index (χ1v) is 6.53. The van der Waals surface area contributed by atoms with E-state index in [4.69, 9.17) is 4.74 Å². The number of aromatic nitrogens is 2. The minimum atomic E-state index is -0.0763. The summed E-state index contributed by atoms with van der Waals surface area (Å²) in [5, 5.41) is 9.40. The smallest absolute Gasteiger partial charge is 0.136 e. The summed E-state index contributed by atoms with van der Waals surface area (Å²) in [4.78, 5) is 4.44. The van der Waals surface area contributed by atoms with Crippen LogP contribution in [0.25, 0.3) is 11.0 Å². The first kappa shape index (κ1) is 13.6. The fraction of sp³-hybridized carbons (Fsp3) is 0.400. The van der Waals surface area contributed by atoms with E-state index < -0.39 is 0 Å². The highest BCUT2D eigenvalue weighted by Gasteiger charge is 2.10. The van der Waals surface area contributed by atoms with Gasteiger partial charge < -0.3 is 14.4 Å². The van der Waals surface area contributed by atoms with Crippen LogP contribution in [0.1, 0.15) is 26.1 Å². The molecule has 4 nitrogen and oxygen atoms in total. The Morgan fingerprint density at radius 1 is 1.47 bits per heavy atom. The van der Waals surface area contributed by atoms with Crippen molar-refractivity contribution >= 4 is 11.0 Å². The van der Waals surface area contributed by atoms with E-state index in [1.807, 2.05) is 29.7 Å². The lowest BCUT2D eigenvalue weighted by Gasteiger charge is -2.08. The summed E-state index contributed by atoms with van der Waals surface area (Å²) in [5.74, 6) is 1.48. The summed E-state index contributed by atoms with van der Waals surface area (Å²) in [6, 6.07) is 5.84. The van der Waals surface area contributed by atoms with Crippen LogP contribution >= 0.6 is 0 Å². The van der Waals surface area contributed by atoms with Gasteiger partial charge in [0.05, 0.1) is 17.6 Å². The van der Waals surface area contributed by atoms with Crippen LogP contribution in [0.3, 0.4) is 0 Å². The standard InChI is InChI=1S/C15H20N2O2/c1-4-7-19-12-5-6-14-13(8-12)16-15(10-18)17(14)9-11(2)3/h5-6,8,18H,2,4,7,9-10H2,1,3H3. The third-order valence-corrected chi connectivity index (χ3v) is 2.84. The number of allylic oxidation sites excluding steroid dienone is 1. The number of nitrogens with zero attached hydrogens (tertiary/aromatic N) is 2. The van der Waals surface area contributed by atoms with Crippen molar-refractivity contribution in [3.8, 4) is 5.75 Å². The minimum Gasteiger partial charge on any atom is -0.494 e. The molecule has 0 amide bonds. The third-order valence-electron chi connectivity index (χ3n) is 2.84. The molecule has 1 heterocycles. The van der Waals surface area contributed by atoms with Gasteiger partial charge in [0, 0.05) is 12.6 Å². The Hall–Kier alpha value is -1.81. The normalized spacial score (nSPS) is 10.9. The highest BCUT2D eigenvalue weighted by Crippen LogP contribution is 2.23. The highest BCUT2D eigenvalue weighted by atomic mass is 16.5. The molecule has 0 fully saturated rings. The quantitative estimate of drug-likeness (QED) is 0.812. The second-order valence-electron chi connectivity index (χ2n) is 4.73. The Balaban J connectivity index is 2.41. The lowest BCUT2D eigenvalue weighted by molar-refractivity contribution is 0.267. The molecule has 0 saturated carbocycles. The molecule has 4 heteroatoms. The van der Waals surface area contributed by atoms with Gasteiger partial charge in [0.15, 0.2) is 0 Å². The van der Waals surface area contributed by atoms with Crippen molar-refractivity contribution < 1.29 is 9.84 Å². The Bertz CT molecular complexity index is 587. The molecule has 0 spiro atoms. The van der Waals surface area contributed by atoms with Gasteiger partial charge in [0.1, 0.15) is 18.2 Å². The highest BCUT2D eigenvalue weighted by molar-refractivity contribution is 5.78. The number of fused-ring (bicyclic) bond motifs is 1. The van der Waals surface area contributed by atoms with Crippen molar-refractivity contribution in [1.82, 2.24) is 9.55 Å². The second kappa shape index (κ2) is 5.89. The van der Waals surface area contributed by atoms with E-state index in [1.54, 1.807) is 0 Å². The van der Waals surface area contributed by atoms with Gasteiger partial charge in [-0.3, -0.25) is 0 Å². The number of benzene rings is 1. The summed E-state index contributed by atoms with van der Waals surface area (Å²) in [5.41, 5.74) is 2.87. The van der Waals surface area contributed by atoms with Crippen LogP contribution < -0.4 is 4.74 Å². The number of hydrogen-bond donors (Lipinski definition) is 1. The number of rotatable bonds is 6. The molecular formula is C15H20N2O2. The monoisotopic (exact) mass is 260 g/mol. The maximum Gasteiger partial charge on any atom is 0.136 e. The lowest BCUT2D eigenvalue weighted by atomic mass is 10.3. The molecule has 2 rings (SSSR count). The minimum absolute atomic E-state index is 0.0763. The predicted octanol–water partition coefficient (Wildman–Crippen LogP) is 2.89. The Morgan fingerprint density at radius 2 is 2.26 bits per heavy atom. The zero-order valence-electron chi connectivity index (χ0n) is 11.5. The van der Waals surface area contributed by atoms with Crippen molar-refractivity contribution in [1.29, 1.82) is 0 Å². The van der Waals surface area contributed by atoms with Crippen LogP contribution in [0.2, 0.25) is 0 Å². The van der Waals surface area contributed by atoms with E-state index in [0.29, 0.717) is 19.0 Å². The molecule has 0 atom stereocenters. The van der Waals surface area contributed by atoms with E-state index in [-0.39, 0.29) is 6.61 Å². The van der Waals surface area contributed by atoms with Crippen LogP contribution in [0.5, 0.6) is 5.75 Å². The van der Waals surface area contributed by atoms with Crippen molar-refractivity contribution in [2.75, 3.05) is 6.61 Å². The van der Waals surface area contributed by atoms with E-state index in [0.717, 1.165) is 28.8 Å². The molecule has 0 bridgehead atoms. The average Bonchev–Trinajstić information content (AvgIpc) is 2.73. The van der Waals surface area contributed by atoms with Crippen molar-refractivity contribution in [2.24, 2.45) is 0 Å². The first-order valence-electron chi connectivity index (χ1n) is 6.53. The molecule has 0 aliphatic heterocycles. The predicted molar refractivity (Wildman–Crippen MR) is 76.3 cm³/mol. The Labute approximate surface area is 113 Å². The van der Waals surface area contributed by atoms with E-state index >= 15 is 0 Å². The zero-order valence-corrected chi connectivity index (χ0v) is 11.5. The molecule has 1 aromatic carbocycles. The van der Waals surface area contributed by atoms with Crippen molar-refractivity contribution in [3.63, 3.8) is 0 Å². The number of imidazole rings is 1. The average molecular weight is 260 g/mol. The number of aliphatic hydroxyl groups excluding tert-OH is 1. The van der Waals surface area contributed by atoms with Crippen LogP contribution in [-0.2, 0) is 13.2 Å². The third kappa shape index (κ3) is 2.96. The molecular weight excluding hydrogens is 240 g/mol. The van der Waals surface area contributed by atoms with Crippen molar-refractivity contribution in [2.45, 2.75) is 33.4 Å². The van der Waals surface area contributed by atoms with Crippen LogP contribution in [0.15, 0.2) is 30.4 Å². The topological polar surface area (TPSA) is 47.3 Å². The largest absolute Gasteiger partial charge is 0.494 e. The molecule has 0 aliphatic carbocycles. The van der Waals surface area contributed by atoms with E-state index in [1.165, 1.54) is 0 Å². The van der Waals surface area contributed by atoms with Gasteiger partial charge in [-0.2, -0.15) is 0 Å². The van der Waals surface area contributed by atoms with Crippen LogP contribution in [0.4, 0.5) is 0 Å². The Morgan fingerprint density at radius 3 is 2.89 bits per heavy atom. The summed E-state index contributed by atoms with van der Waals surface area (Å²) in [6.45, 7) is 9.24. The molecule has 102 valence electrons. The van der Waals surface area contributed by atoms with E-state index in [2.05, 4.69) is 18.5 Å². The second-order valence-corrected chi connectivity index (χ2v) is 4.73. The van der Waals surface area contributed by atoms with E-state index in [9.17, 15) is 5.11 Å². The molecule has 1 aromatic heterocycles. The lowest BCUT2D eigenvalue weighted by Crippen LogP contribution is -2.04. The van der Waals surface area contributed by atoms with Gasteiger partial charge in [-0.1, -0.05) is 19.1 Å². The maximum atomic E-state index is 9.40. The van der Waals surface area contributed by atoms with Gasteiger partial charge in [0.25, 0.3) is 0 Å². The number of hydrogen-bond acceptors (Lipinski definition) is 3. The molecule has 0 unspecified atom stereocenters. The summed E-state index contributed by atoms with van der Waals surface area (Å²) in [7, 11) is 0. The van der Waals surface area contributed by atoms with Gasteiger partial charge in [-0.25, -0.2) is 4.98 Å². The zero-order chi connectivity index (χ0) is 13.8. The van der Waals surface area contributed by atoms with Gasteiger partial charge >= 0.3 is 0 Å². The van der Waals surface area contributed by atoms with Crippen LogP contribution in [-0.4, -0.2) is 21.3 Å². The van der Waals surface area contributed by atoms with Crippen molar-refractivity contribution in [3.05, 3.63) is 36.2 Å². The SMILES string of the molecule is C=C(C)Cn1c(CO)nc2cc(OCCC)ccc21. The van der Waals surface area contributed by atoms with Crippen LogP contribution in [0, 0.1) is 0 Å². The first-order chi connectivity index (χ1) is 9.15. The molecule has 2 aromatic rings. The van der Waals surface area contributed by atoms with Gasteiger partial charge in [-0.15, -0.1) is 0 Å². The summed E-state index contributed by atoms with van der Waals surface area (Å²) >= 11 is 0. The summed E-state index contributed by atoms with van der Waals surface area (Å²) in [6.07, 6.45) is 0.976. The number of ether oxygens (including phenoxy) is 1. The molecule has 1 N–H and O–H groups in total. The molecule has 19 heavy (non-hydrogen) atoms. The fourth-order valence-electron chi connectivity index (χ4n) is 2.04. The molecule has 0 aliphatic rings. The fourth-order valence-corrected chi connectivity index (χ4v) is 2.04.